The fraction of sp³-hybridized carbons (Fsp3) is 0.571. The molecule has 0 N–H and O–H groups in total. The van der Waals surface area contributed by atoms with E-state index in [0.29, 0.717) is 23.8 Å². The van der Waals surface area contributed by atoms with Crippen molar-refractivity contribution in [3.63, 3.8) is 0 Å². The fourth-order valence-electron chi connectivity index (χ4n) is 2.31. The minimum absolute atomic E-state index is 0.300. The van der Waals surface area contributed by atoms with E-state index < -0.39 is 0 Å². The van der Waals surface area contributed by atoms with Gasteiger partial charge in [-0.2, -0.15) is 0 Å². The van der Waals surface area contributed by atoms with Gasteiger partial charge >= 0.3 is 0 Å². The standard InChI is InChI=1S/C14H20ClNO2/c1-11-9-16(10-12(2)18-11)7-8-17-14-6-4-3-5-13(14)15/h3-6,11-12H,7-10H2,1-2H3. The van der Waals surface area contributed by atoms with E-state index >= 15 is 0 Å². The molecule has 1 saturated heterocycles. The van der Waals surface area contributed by atoms with Gasteiger partial charge in [0.25, 0.3) is 0 Å². The van der Waals surface area contributed by atoms with Crippen molar-refractivity contribution < 1.29 is 9.47 Å². The maximum Gasteiger partial charge on any atom is 0.137 e. The van der Waals surface area contributed by atoms with Crippen LogP contribution in [0.15, 0.2) is 24.3 Å². The minimum atomic E-state index is 0.300. The van der Waals surface area contributed by atoms with Crippen molar-refractivity contribution in [2.45, 2.75) is 26.1 Å². The van der Waals surface area contributed by atoms with Crippen LogP contribution in [0.5, 0.6) is 5.75 Å². The molecule has 100 valence electrons. The van der Waals surface area contributed by atoms with Gasteiger partial charge in [0.15, 0.2) is 0 Å². The summed E-state index contributed by atoms with van der Waals surface area (Å²) in [5, 5.41) is 0.668. The predicted octanol–water partition coefficient (Wildman–Crippen LogP) is 2.83. The van der Waals surface area contributed by atoms with Crippen LogP contribution in [0.2, 0.25) is 5.02 Å². The predicted molar refractivity (Wildman–Crippen MR) is 73.4 cm³/mol. The van der Waals surface area contributed by atoms with Gasteiger partial charge in [0.05, 0.1) is 17.2 Å². The van der Waals surface area contributed by atoms with Crippen LogP contribution in [0, 0.1) is 0 Å². The van der Waals surface area contributed by atoms with Gasteiger partial charge in [0.1, 0.15) is 12.4 Å². The van der Waals surface area contributed by atoms with Gasteiger partial charge in [-0.05, 0) is 26.0 Å². The second-order valence-electron chi connectivity index (χ2n) is 4.80. The normalized spacial score (nSPS) is 25.1. The summed E-state index contributed by atoms with van der Waals surface area (Å²) in [4.78, 5) is 2.37. The lowest BCUT2D eigenvalue weighted by molar-refractivity contribution is -0.0699. The van der Waals surface area contributed by atoms with Crippen molar-refractivity contribution in [2.75, 3.05) is 26.2 Å². The first-order valence-corrected chi connectivity index (χ1v) is 6.78. The molecule has 1 heterocycles. The second kappa shape index (κ2) is 6.41. The van der Waals surface area contributed by atoms with Gasteiger partial charge in [-0.3, -0.25) is 4.90 Å². The molecule has 1 aromatic rings. The number of hydrogen-bond donors (Lipinski definition) is 0. The first-order valence-electron chi connectivity index (χ1n) is 6.40. The van der Waals surface area contributed by atoms with Crippen LogP contribution in [-0.2, 0) is 4.74 Å². The number of morpholine rings is 1. The van der Waals surface area contributed by atoms with Crippen LogP contribution < -0.4 is 4.74 Å². The van der Waals surface area contributed by atoms with E-state index in [0.717, 1.165) is 25.4 Å². The van der Waals surface area contributed by atoms with E-state index in [4.69, 9.17) is 21.1 Å². The van der Waals surface area contributed by atoms with Gasteiger partial charge < -0.3 is 9.47 Å². The van der Waals surface area contributed by atoms with E-state index in [-0.39, 0.29) is 0 Å². The van der Waals surface area contributed by atoms with Crippen molar-refractivity contribution in [3.8, 4) is 5.75 Å². The fourth-order valence-corrected chi connectivity index (χ4v) is 2.50. The number of hydrogen-bond acceptors (Lipinski definition) is 3. The summed E-state index contributed by atoms with van der Waals surface area (Å²) in [6, 6.07) is 7.57. The molecule has 3 nitrogen and oxygen atoms in total. The third-order valence-corrected chi connectivity index (χ3v) is 3.31. The molecule has 1 aliphatic rings. The summed E-state index contributed by atoms with van der Waals surface area (Å²) in [6.45, 7) is 7.72. The molecule has 4 heteroatoms. The number of para-hydroxylation sites is 1. The van der Waals surface area contributed by atoms with Crippen LogP contribution >= 0.6 is 11.6 Å². The summed E-state index contributed by atoms with van der Waals surface area (Å²) >= 11 is 6.03. The molecule has 0 spiro atoms. The maximum atomic E-state index is 6.03. The molecule has 0 aromatic heterocycles. The lowest BCUT2D eigenvalue weighted by Crippen LogP contribution is -2.46. The molecule has 0 radical (unpaired) electrons. The zero-order valence-electron chi connectivity index (χ0n) is 10.9. The van der Waals surface area contributed by atoms with Gasteiger partial charge in [-0.15, -0.1) is 0 Å². The monoisotopic (exact) mass is 269 g/mol. The Morgan fingerprint density at radius 2 is 1.94 bits per heavy atom. The van der Waals surface area contributed by atoms with Crippen LogP contribution in [0.3, 0.4) is 0 Å². The molecule has 1 aliphatic heterocycles. The van der Waals surface area contributed by atoms with Crippen LogP contribution in [0.4, 0.5) is 0 Å². The highest BCUT2D eigenvalue weighted by molar-refractivity contribution is 6.32. The molecular formula is C14H20ClNO2. The van der Waals surface area contributed by atoms with E-state index in [1.165, 1.54) is 0 Å². The van der Waals surface area contributed by atoms with Gasteiger partial charge in [0, 0.05) is 19.6 Å². The third-order valence-electron chi connectivity index (χ3n) is 3.00. The molecule has 18 heavy (non-hydrogen) atoms. The van der Waals surface area contributed by atoms with E-state index in [2.05, 4.69) is 18.7 Å². The summed E-state index contributed by atoms with van der Waals surface area (Å²) < 4.78 is 11.4. The average molecular weight is 270 g/mol. The Bertz CT molecular complexity index is 376. The molecule has 1 aromatic carbocycles. The third kappa shape index (κ3) is 3.87. The lowest BCUT2D eigenvalue weighted by atomic mass is 10.2. The van der Waals surface area contributed by atoms with Crippen molar-refractivity contribution >= 4 is 11.6 Å². The Kier molecular flexibility index (Phi) is 4.87. The van der Waals surface area contributed by atoms with Gasteiger partial charge in [-0.1, -0.05) is 23.7 Å². The van der Waals surface area contributed by atoms with E-state index in [1.54, 1.807) is 0 Å². The summed E-state index contributed by atoms with van der Waals surface area (Å²) in [5.74, 6) is 0.758. The summed E-state index contributed by atoms with van der Waals surface area (Å²) in [7, 11) is 0. The lowest BCUT2D eigenvalue weighted by Gasteiger charge is -2.35. The first-order chi connectivity index (χ1) is 8.65. The van der Waals surface area contributed by atoms with Crippen LogP contribution in [-0.4, -0.2) is 43.3 Å². The average Bonchev–Trinajstić information content (AvgIpc) is 2.30. The van der Waals surface area contributed by atoms with Crippen molar-refractivity contribution in [1.82, 2.24) is 4.90 Å². The topological polar surface area (TPSA) is 21.7 Å². The second-order valence-corrected chi connectivity index (χ2v) is 5.20. The Morgan fingerprint density at radius 1 is 1.28 bits per heavy atom. The van der Waals surface area contributed by atoms with Gasteiger partial charge in [0.2, 0.25) is 0 Å². The molecule has 2 atom stereocenters. The molecule has 0 saturated carbocycles. The zero-order valence-corrected chi connectivity index (χ0v) is 11.7. The van der Waals surface area contributed by atoms with Gasteiger partial charge in [-0.25, -0.2) is 0 Å². The Labute approximate surface area is 114 Å². The number of halogens is 1. The number of rotatable bonds is 4. The van der Waals surface area contributed by atoms with Crippen molar-refractivity contribution in [1.29, 1.82) is 0 Å². The highest BCUT2D eigenvalue weighted by Gasteiger charge is 2.21. The maximum absolute atomic E-state index is 6.03. The smallest absolute Gasteiger partial charge is 0.137 e. The van der Waals surface area contributed by atoms with E-state index in [1.807, 2.05) is 24.3 Å². The quantitative estimate of drug-likeness (QED) is 0.839. The minimum Gasteiger partial charge on any atom is -0.491 e. The highest BCUT2D eigenvalue weighted by atomic mass is 35.5. The summed E-state index contributed by atoms with van der Waals surface area (Å²) in [6.07, 6.45) is 0.600. The summed E-state index contributed by atoms with van der Waals surface area (Å²) in [5.41, 5.74) is 0. The largest absolute Gasteiger partial charge is 0.491 e. The molecular weight excluding hydrogens is 250 g/mol. The SMILES string of the molecule is CC1CN(CCOc2ccccc2Cl)CC(C)O1. The zero-order chi connectivity index (χ0) is 13.0. The Morgan fingerprint density at radius 3 is 2.61 bits per heavy atom. The van der Waals surface area contributed by atoms with Crippen LogP contribution in [0.1, 0.15) is 13.8 Å². The number of nitrogens with zero attached hydrogens (tertiary/aromatic N) is 1. The number of benzene rings is 1. The molecule has 2 unspecified atom stereocenters. The molecule has 1 fully saturated rings. The molecule has 0 amide bonds. The van der Waals surface area contributed by atoms with E-state index in [9.17, 15) is 0 Å². The molecule has 2 rings (SSSR count). The molecule has 0 bridgehead atoms. The Balaban J connectivity index is 1.77. The Hall–Kier alpha value is -0.770. The highest BCUT2D eigenvalue weighted by Crippen LogP contribution is 2.23. The first kappa shape index (κ1) is 13.7. The number of ether oxygens (including phenoxy) is 2. The van der Waals surface area contributed by atoms with Crippen molar-refractivity contribution in [2.24, 2.45) is 0 Å². The van der Waals surface area contributed by atoms with Crippen molar-refractivity contribution in [3.05, 3.63) is 29.3 Å². The van der Waals surface area contributed by atoms with Crippen LogP contribution in [0.25, 0.3) is 0 Å². The molecule has 0 aliphatic carbocycles.